The van der Waals surface area contributed by atoms with Crippen LogP contribution < -0.4 is 0 Å². The third-order valence-electron chi connectivity index (χ3n) is 13.9. The Labute approximate surface area is 403 Å². The summed E-state index contributed by atoms with van der Waals surface area (Å²) in [6.45, 7) is 0. The zero-order chi connectivity index (χ0) is 46.1. The highest BCUT2D eigenvalue weighted by molar-refractivity contribution is 6.13. The lowest BCUT2D eigenvalue weighted by molar-refractivity contribution is 0.670. The van der Waals surface area contributed by atoms with E-state index in [1.165, 1.54) is 43.4 Å². The molecule has 5 heteroatoms. The van der Waals surface area contributed by atoms with Gasteiger partial charge in [0.05, 0.1) is 11.0 Å². The molecule has 0 atom stereocenters. The molecule has 3 aromatic heterocycles. The van der Waals surface area contributed by atoms with E-state index in [1.54, 1.807) is 0 Å². The molecule has 3 heterocycles. The normalized spacial score (nSPS) is 11.7. The summed E-state index contributed by atoms with van der Waals surface area (Å²) in [5, 5.41) is 9.56. The van der Waals surface area contributed by atoms with E-state index in [0.717, 1.165) is 77.7 Å². The molecule has 0 amide bonds. The van der Waals surface area contributed by atoms with Crippen molar-refractivity contribution in [1.29, 1.82) is 0 Å². The van der Waals surface area contributed by atoms with Crippen LogP contribution in [0.3, 0.4) is 0 Å². The molecule has 0 aliphatic heterocycles. The molecule has 0 aliphatic carbocycles. The van der Waals surface area contributed by atoms with Crippen LogP contribution >= 0.6 is 0 Å². The molecule has 14 aromatic rings. The average Bonchev–Trinajstić information content (AvgIpc) is 3.99. The van der Waals surface area contributed by atoms with Crippen molar-refractivity contribution in [2.45, 2.75) is 0 Å². The van der Waals surface area contributed by atoms with Gasteiger partial charge in [-0.05, 0) is 97.9 Å². The molecular weight excluding hydrogens is 853 g/mol. The van der Waals surface area contributed by atoms with Gasteiger partial charge in [0.2, 0.25) is 0 Å². The van der Waals surface area contributed by atoms with Crippen molar-refractivity contribution in [3.8, 4) is 73.2 Å². The van der Waals surface area contributed by atoms with Crippen LogP contribution in [0.15, 0.2) is 247 Å². The molecule has 0 spiro atoms. The Bertz CT molecular complexity index is 4330. The Morgan fingerprint density at radius 3 is 1.46 bits per heavy atom. The van der Waals surface area contributed by atoms with Crippen molar-refractivity contribution in [3.63, 3.8) is 0 Å². The Balaban J connectivity index is 0.770. The lowest BCUT2D eigenvalue weighted by Gasteiger charge is -2.11. The maximum atomic E-state index is 6.39. The molecule has 0 saturated carbocycles. The second kappa shape index (κ2) is 16.1. The molecule has 0 saturated heterocycles. The maximum absolute atomic E-state index is 6.39. The minimum absolute atomic E-state index is 0.626. The smallest absolute Gasteiger partial charge is 0.164 e. The van der Waals surface area contributed by atoms with Crippen molar-refractivity contribution < 1.29 is 4.42 Å². The van der Waals surface area contributed by atoms with E-state index in [9.17, 15) is 0 Å². The van der Waals surface area contributed by atoms with Crippen molar-refractivity contribution >= 4 is 65.3 Å². The molecule has 70 heavy (non-hydrogen) atoms. The predicted octanol–water partition coefficient (Wildman–Crippen LogP) is 17.2. The number of para-hydroxylation sites is 4. The third kappa shape index (κ3) is 6.67. The second-order valence-corrected chi connectivity index (χ2v) is 18.0. The monoisotopic (exact) mass is 892 g/mol. The Morgan fingerprint density at radius 1 is 0.286 bits per heavy atom. The predicted molar refractivity (Wildman–Crippen MR) is 289 cm³/mol. The number of nitrogens with zero attached hydrogens (tertiary/aromatic N) is 4. The minimum Gasteiger partial charge on any atom is -0.455 e. The van der Waals surface area contributed by atoms with Gasteiger partial charge in [-0.15, -0.1) is 0 Å². The Hall–Kier alpha value is -9.45. The molecule has 0 aliphatic rings. The van der Waals surface area contributed by atoms with Crippen molar-refractivity contribution in [1.82, 2.24) is 19.5 Å². The summed E-state index contributed by atoms with van der Waals surface area (Å²) in [6, 6.07) is 85.9. The van der Waals surface area contributed by atoms with Crippen molar-refractivity contribution in [2.75, 3.05) is 0 Å². The average molecular weight is 893 g/mol. The summed E-state index contributed by atoms with van der Waals surface area (Å²) in [7, 11) is 0. The minimum atomic E-state index is 0.626. The zero-order valence-corrected chi connectivity index (χ0v) is 37.8. The highest BCUT2D eigenvalue weighted by Crippen LogP contribution is 2.39. The van der Waals surface area contributed by atoms with E-state index < -0.39 is 0 Å². The number of fused-ring (bicyclic) bond motifs is 9. The fraction of sp³-hybridized carbons (Fsp3) is 0. The van der Waals surface area contributed by atoms with E-state index >= 15 is 0 Å². The van der Waals surface area contributed by atoms with Crippen LogP contribution in [0, 0.1) is 0 Å². The van der Waals surface area contributed by atoms with Crippen LogP contribution in [-0.2, 0) is 0 Å². The molecule has 0 bridgehead atoms. The molecule has 11 aromatic carbocycles. The van der Waals surface area contributed by atoms with Gasteiger partial charge in [-0.2, -0.15) is 0 Å². The first-order chi connectivity index (χ1) is 34.7. The number of benzene rings is 11. The molecule has 5 nitrogen and oxygen atoms in total. The fourth-order valence-electron chi connectivity index (χ4n) is 10.4. The maximum Gasteiger partial charge on any atom is 0.164 e. The molecule has 0 N–H and O–H groups in total. The summed E-state index contributed by atoms with van der Waals surface area (Å²) >= 11 is 0. The van der Waals surface area contributed by atoms with Gasteiger partial charge in [-0.3, -0.25) is 0 Å². The van der Waals surface area contributed by atoms with Gasteiger partial charge < -0.3 is 8.98 Å². The van der Waals surface area contributed by atoms with Crippen LogP contribution in [0.2, 0.25) is 0 Å². The van der Waals surface area contributed by atoms with Crippen molar-refractivity contribution in [3.05, 3.63) is 243 Å². The first-order valence-electron chi connectivity index (χ1n) is 23.7. The number of rotatable bonds is 7. The summed E-state index contributed by atoms with van der Waals surface area (Å²) in [6.07, 6.45) is 0. The molecular formula is C65H40N4O. The number of furan rings is 1. The van der Waals surface area contributed by atoms with Gasteiger partial charge >= 0.3 is 0 Å². The zero-order valence-electron chi connectivity index (χ0n) is 37.8. The molecule has 0 unspecified atom stereocenters. The molecule has 0 fully saturated rings. The van der Waals surface area contributed by atoms with Gasteiger partial charge in [0.15, 0.2) is 17.5 Å². The number of hydrogen-bond acceptors (Lipinski definition) is 4. The largest absolute Gasteiger partial charge is 0.455 e. The van der Waals surface area contributed by atoms with Crippen LogP contribution in [0.1, 0.15) is 0 Å². The van der Waals surface area contributed by atoms with E-state index in [2.05, 4.69) is 205 Å². The van der Waals surface area contributed by atoms with Crippen LogP contribution in [0.4, 0.5) is 0 Å². The van der Waals surface area contributed by atoms with Gasteiger partial charge in [-0.25, -0.2) is 15.0 Å². The Morgan fingerprint density at radius 2 is 0.771 bits per heavy atom. The molecule has 326 valence electrons. The first kappa shape index (κ1) is 39.7. The van der Waals surface area contributed by atoms with E-state index in [-0.39, 0.29) is 0 Å². The molecule has 14 rings (SSSR count). The Kier molecular flexibility index (Phi) is 9.14. The summed E-state index contributed by atoms with van der Waals surface area (Å²) < 4.78 is 8.74. The van der Waals surface area contributed by atoms with Gasteiger partial charge in [-0.1, -0.05) is 194 Å². The number of hydrogen-bond donors (Lipinski definition) is 0. The highest BCUT2D eigenvalue weighted by atomic mass is 16.3. The quantitative estimate of drug-likeness (QED) is 0.150. The number of aromatic nitrogens is 4. The fourth-order valence-corrected chi connectivity index (χ4v) is 10.4. The standard InChI is InChI=1S/C65H40N4O/c1-3-12-43(13-4-1)63-66-64(68-65(67-63)45-28-24-42(25-29-45)47-34-37-60-58(40-47)55-16-7-9-20-59(55)69(60)51-14-5-2-6-15-51)44-26-22-41(23-27-44)46-32-35-52-48(38-46)30-31-49-39-50(33-36-53(49)52)54-18-11-19-57-56-17-8-10-21-61(56)70-62(54)57/h1-40H. The first-order valence-corrected chi connectivity index (χ1v) is 23.7. The SMILES string of the molecule is c1ccc(-c2nc(-c3ccc(-c4ccc5c(ccc6cc(-c7cccc8c7oc7ccccc78)ccc65)c4)cc3)nc(-c3ccc(-c4ccc5c(c4)c4ccccc4n5-c4ccccc4)cc3)n2)cc1. The van der Waals surface area contributed by atoms with Gasteiger partial charge in [0.25, 0.3) is 0 Å². The summed E-state index contributed by atoms with van der Waals surface area (Å²) in [5.74, 6) is 1.89. The highest BCUT2D eigenvalue weighted by Gasteiger charge is 2.17. The summed E-state index contributed by atoms with van der Waals surface area (Å²) in [4.78, 5) is 15.2. The van der Waals surface area contributed by atoms with Crippen LogP contribution in [0.25, 0.3) is 139 Å². The summed E-state index contributed by atoms with van der Waals surface area (Å²) in [5.41, 5.74) is 14.9. The molecule has 0 radical (unpaired) electrons. The van der Waals surface area contributed by atoms with Crippen LogP contribution in [0.5, 0.6) is 0 Å². The second-order valence-electron chi connectivity index (χ2n) is 18.0. The van der Waals surface area contributed by atoms with E-state index in [0.29, 0.717) is 17.5 Å². The lowest BCUT2D eigenvalue weighted by Crippen LogP contribution is -2.00. The van der Waals surface area contributed by atoms with E-state index in [1.807, 2.05) is 42.5 Å². The van der Waals surface area contributed by atoms with Gasteiger partial charge in [0.1, 0.15) is 11.2 Å². The van der Waals surface area contributed by atoms with Gasteiger partial charge in [0, 0.05) is 49.5 Å². The van der Waals surface area contributed by atoms with Crippen LogP contribution in [-0.4, -0.2) is 19.5 Å². The van der Waals surface area contributed by atoms with E-state index in [4.69, 9.17) is 19.4 Å². The topological polar surface area (TPSA) is 56.7 Å². The third-order valence-corrected chi connectivity index (χ3v) is 13.9. The van der Waals surface area contributed by atoms with Crippen molar-refractivity contribution in [2.24, 2.45) is 0 Å². The lowest BCUT2D eigenvalue weighted by atomic mass is 9.94.